The number of rotatable bonds is 4. The van der Waals surface area contributed by atoms with Crippen molar-refractivity contribution in [2.45, 2.75) is 25.8 Å². The summed E-state index contributed by atoms with van der Waals surface area (Å²) in [6.45, 7) is 0.342. The fourth-order valence-corrected chi connectivity index (χ4v) is 2.39. The van der Waals surface area contributed by atoms with Crippen LogP contribution in [0.5, 0.6) is 5.88 Å². The second kappa shape index (κ2) is 5.20. The Labute approximate surface area is 119 Å². The zero-order valence-corrected chi connectivity index (χ0v) is 11.3. The highest BCUT2D eigenvalue weighted by molar-refractivity contribution is 5.67. The quantitative estimate of drug-likeness (QED) is 0.902. The Morgan fingerprint density at radius 1 is 1.33 bits per heavy atom. The number of aromatic nitrogens is 2. The van der Waals surface area contributed by atoms with Crippen LogP contribution in [0.25, 0.3) is 11.1 Å². The second-order valence-corrected chi connectivity index (χ2v) is 5.35. The molecule has 0 atom stereocenters. The van der Waals surface area contributed by atoms with Crippen LogP contribution in [0.15, 0.2) is 33.9 Å². The van der Waals surface area contributed by atoms with Gasteiger partial charge in [0.1, 0.15) is 11.4 Å². The third-order valence-corrected chi connectivity index (χ3v) is 3.74. The predicted octanol–water partition coefficient (Wildman–Crippen LogP) is 1.85. The summed E-state index contributed by atoms with van der Waals surface area (Å²) in [7, 11) is 0. The third kappa shape index (κ3) is 2.74. The summed E-state index contributed by atoms with van der Waals surface area (Å²) in [6, 6.07) is 5.37. The van der Waals surface area contributed by atoms with Crippen LogP contribution in [0.3, 0.4) is 0 Å². The molecule has 6 heteroatoms. The molecule has 1 saturated carbocycles. The molecule has 1 aliphatic rings. The van der Waals surface area contributed by atoms with E-state index in [4.69, 9.17) is 0 Å². The van der Waals surface area contributed by atoms with Gasteiger partial charge < -0.3 is 5.11 Å². The van der Waals surface area contributed by atoms with Crippen molar-refractivity contribution in [2.24, 2.45) is 5.92 Å². The average Bonchev–Trinajstić information content (AvgIpc) is 3.22. The number of nitrogens with zero attached hydrogens (tertiary/aromatic N) is 1. The molecular weight excluding hydrogens is 275 g/mol. The van der Waals surface area contributed by atoms with Crippen molar-refractivity contribution in [2.75, 3.05) is 0 Å². The summed E-state index contributed by atoms with van der Waals surface area (Å²) in [5.74, 6) is -0.335. The first-order valence-electron chi connectivity index (χ1n) is 6.88. The molecule has 0 amide bonds. The summed E-state index contributed by atoms with van der Waals surface area (Å²) < 4.78 is 14.4. The van der Waals surface area contributed by atoms with Crippen LogP contribution in [0.4, 0.5) is 4.39 Å². The van der Waals surface area contributed by atoms with Crippen LogP contribution in [0.1, 0.15) is 19.3 Å². The molecule has 1 aromatic carbocycles. The standard InChI is InChI=1S/C15H15FN2O3/c16-11-3-1-2-10(8-11)12-13(19)17-15(21)18(14(12)20)7-6-9-4-5-9/h1-3,8-9,20H,4-7H2,(H,17,19,21). The molecule has 0 bridgehead atoms. The topological polar surface area (TPSA) is 75.1 Å². The van der Waals surface area contributed by atoms with E-state index in [9.17, 15) is 19.1 Å². The minimum absolute atomic E-state index is 0.0788. The van der Waals surface area contributed by atoms with E-state index < -0.39 is 22.9 Å². The van der Waals surface area contributed by atoms with Gasteiger partial charge in [0.25, 0.3) is 5.56 Å². The van der Waals surface area contributed by atoms with Crippen LogP contribution >= 0.6 is 0 Å². The molecule has 21 heavy (non-hydrogen) atoms. The lowest BCUT2D eigenvalue weighted by Crippen LogP contribution is -2.31. The average molecular weight is 290 g/mol. The van der Waals surface area contributed by atoms with Gasteiger partial charge in [-0.25, -0.2) is 9.18 Å². The van der Waals surface area contributed by atoms with Gasteiger partial charge in [0.2, 0.25) is 5.88 Å². The summed E-state index contributed by atoms with van der Waals surface area (Å²) >= 11 is 0. The first kappa shape index (κ1) is 13.6. The van der Waals surface area contributed by atoms with Crippen molar-refractivity contribution < 1.29 is 9.50 Å². The minimum atomic E-state index is -0.717. The maximum Gasteiger partial charge on any atom is 0.331 e. The number of H-pyrrole nitrogens is 1. The molecule has 1 aliphatic carbocycles. The van der Waals surface area contributed by atoms with E-state index >= 15 is 0 Å². The lowest BCUT2D eigenvalue weighted by Gasteiger charge is -2.11. The Morgan fingerprint density at radius 2 is 2.10 bits per heavy atom. The Hall–Kier alpha value is -2.37. The highest BCUT2D eigenvalue weighted by Crippen LogP contribution is 2.33. The number of nitrogens with one attached hydrogen (secondary N) is 1. The maximum absolute atomic E-state index is 13.3. The Bertz CT molecular complexity index is 790. The first-order chi connectivity index (χ1) is 10.1. The van der Waals surface area contributed by atoms with E-state index in [0.29, 0.717) is 12.5 Å². The summed E-state index contributed by atoms with van der Waals surface area (Å²) in [5.41, 5.74) is -1.19. The van der Waals surface area contributed by atoms with Gasteiger partial charge in [-0.05, 0) is 30.0 Å². The van der Waals surface area contributed by atoms with Crippen molar-refractivity contribution in [1.82, 2.24) is 9.55 Å². The molecule has 0 saturated heterocycles. The summed E-state index contributed by atoms with van der Waals surface area (Å²) in [4.78, 5) is 25.9. The van der Waals surface area contributed by atoms with Crippen LogP contribution in [0, 0.1) is 11.7 Å². The molecule has 110 valence electrons. The molecule has 1 heterocycles. The van der Waals surface area contributed by atoms with Gasteiger partial charge in [-0.1, -0.05) is 25.0 Å². The zero-order chi connectivity index (χ0) is 15.0. The SMILES string of the molecule is O=c1[nH]c(=O)n(CCC2CC2)c(O)c1-c1cccc(F)c1. The van der Waals surface area contributed by atoms with Crippen LogP contribution in [0.2, 0.25) is 0 Å². The summed E-state index contributed by atoms with van der Waals surface area (Å²) in [6.07, 6.45) is 3.05. The van der Waals surface area contributed by atoms with Crippen molar-refractivity contribution in [1.29, 1.82) is 0 Å². The molecule has 1 aromatic heterocycles. The van der Waals surface area contributed by atoms with Gasteiger partial charge in [-0.15, -0.1) is 0 Å². The molecule has 3 rings (SSSR count). The zero-order valence-electron chi connectivity index (χ0n) is 11.3. The van der Waals surface area contributed by atoms with E-state index in [-0.39, 0.29) is 11.1 Å². The van der Waals surface area contributed by atoms with Gasteiger partial charge >= 0.3 is 5.69 Å². The van der Waals surface area contributed by atoms with E-state index in [1.807, 2.05) is 0 Å². The van der Waals surface area contributed by atoms with Gasteiger partial charge in [0, 0.05) is 6.54 Å². The Kier molecular flexibility index (Phi) is 3.37. The molecular formula is C15H15FN2O3. The number of aromatic hydroxyl groups is 1. The number of hydrogen-bond acceptors (Lipinski definition) is 3. The van der Waals surface area contributed by atoms with Gasteiger partial charge in [-0.2, -0.15) is 0 Å². The van der Waals surface area contributed by atoms with Crippen LogP contribution in [-0.4, -0.2) is 14.7 Å². The maximum atomic E-state index is 13.3. The molecule has 2 N–H and O–H groups in total. The summed E-state index contributed by atoms with van der Waals surface area (Å²) in [5, 5.41) is 10.2. The van der Waals surface area contributed by atoms with Crippen LogP contribution in [-0.2, 0) is 6.54 Å². The first-order valence-corrected chi connectivity index (χ1v) is 6.88. The fraction of sp³-hybridized carbons (Fsp3) is 0.333. The predicted molar refractivity (Wildman–Crippen MR) is 75.7 cm³/mol. The molecule has 2 aromatic rings. The Balaban J connectivity index is 2.09. The van der Waals surface area contributed by atoms with Crippen molar-refractivity contribution >= 4 is 0 Å². The van der Waals surface area contributed by atoms with E-state index in [1.165, 1.54) is 18.2 Å². The van der Waals surface area contributed by atoms with Gasteiger partial charge in [0.15, 0.2) is 0 Å². The molecule has 1 fully saturated rings. The smallest absolute Gasteiger partial charge is 0.331 e. The molecule has 0 spiro atoms. The van der Waals surface area contributed by atoms with Crippen LogP contribution < -0.4 is 11.2 Å². The lowest BCUT2D eigenvalue weighted by molar-refractivity contribution is 0.395. The molecule has 0 radical (unpaired) electrons. The molecule has 5 nitrogen and oxygen atoms in total. The number of aromatic amines is 1. The number of halogens is 1. The van der Waals surface area contributed by atoms with E-state index in [1.54, 1.807) is 0 Å². The van der Waals surface area contributed by atoms with E-state index in [2.05, 4.69) is 4.98 Å². The van der Waals surface area contributed by atoms with Crippen molar-refractivity contribution in [3.05, 3.63) is 50.9 Å². The highest BCUT2D eigenvalue weighted by Gasteiger charge is 2.23. The molecule has 0 aliphatic heterocycles. The Morgan fingerprint density at radius 3 is 2.76 bits per heavy atom. The van der Waals surface area contributed by atoms with Gasteiger partial charge in [0.05, 0.1) is 0 Å². The second-order valence-electron chi connectivity index (χ2n) is 5.35. The normalized spacial score (nSPS) is 14.3. The van der Waals surface area contributed by atoms with Crippen molar-refractivity contribution in [3.8, 4) is 17.0 Å². The minimum Gasteiger partial charge on any atom is -0.494 e. The number of hydrogen-bond donors (Lipinski definition) is 2. The third-order valence-electron chi connectivity index (χ3n) is 3.74. The fourth-order valence-electron chi connectivity index (χ4n) is 2.39. The lowest BCUT2D eigenvalue weighted by atomic mass is 10.1. The monoisotopic (exact) mass is 290 g/mol. The largest absolute Gasteiger partial charge is 0.494 e. The van der Waals surface area contributed by atoms with Crippen molar-refractivity contribution in [3.63, 3.8) is 0 Å². The van der Waals surface area contributed by atoms with Gasteiger partial charge in [-0.3, -0.25) is 14.3 Å². The molecule has 0 unspecified atom stereocenters. The number of benzene rings is 1. The highest BCUT2D eigenvalue weighted by atomic mass is 19.1. The van der Waals surface area contributed by atoms with E-state index in [0.717, 1.165) is 29.9 Å².